The van der Waals surface area contributed by atoms with Crippen LogP contribution in [0.2, 0.25) is 5.02 Å². The maximum absolute atomic E-state index is 6.19. The Balaban J connectivity index is 2.47. The second-order valence-electron chi connectivity index (χ2n) is 4.27. The Hall–Kier alpha value is -0.990. The number of benzene rings is 1. The molecule has 1 unspecified atom stereocenters. The predicted molar refractivity (Wildman–Crippen MR) is 63.3 cm³/mol. The first-order valence-corrected chi connectivity index (χ1v) is 5.61. The lowest BCUT2D eigenvalue weighted by atomic mass is 9.87. The molecule has 0 saturated heterocycles. The van der Waals surface area contributed by atoms with Gasteiger partial charge in [-0.1, -0.05) is 11.6 Å². The van der Waals surface area contributed by atoms with Crippen molar-refractivity contribution >= 4 is 22.5 Å². The van der Waals surface area contributed by atoms with Gasteiger partial charge in [-0.05, 0) is 42.5 Å². The first-order chi connectivity index (χ1) is 7.18. The highest BCUT2D eigenvalue weighted by Crippen LogP contribution is 2.38. The highest BCUT2D eigenvalue weighted by Gasteiger charge is 2.22. The number of aromatic nitrogens is 1. The fraction of sp³-hybridized carbons (Fsp3) is 0.333. The smallest absolute Gasteiger partial charge is 0.0475 e. The third kappa shape index (κ3) is 1.15. The van der Waals surface area contributed by atoms with Crippen LogP contribution < -0.4 is 5.73 Å². The number of hydrogen-bond donors (Lipinski definition) is 2. The predicted octanol–water partition coefficient (Wildman–Crippen LogP) is 3.08. The minimum absolute atomic E-state index is 0.173. The maximum atomic E-state index is 6.19. The molecule has 1 aromatic carbocycles. The van der Waals surface area contributed by atoms with E-state index in [1.54, 1.807) is 0 Å². The number of halogens is 1. The van der Waals surface area contributed by atoms with Gasteiger partial charge in [0.25, 0.3) is 0 Å². The monoisotopic (exact) mass is 220 g/mol. The van der Waals surface area contributed by atoms with Gasteiger partial charge >= 0.3 is 0 Å². The molecular weight excluding hydrogens is 208 g/mol. The van der Waals surface area contributed by atoms with Crippen LogP contribution in [-0.4, -0.2) is 4.98 Å². The first-order valence-electron chi connectivity index (χ1n) is 5.23. The molecule has 0 spiro atoms. The van der Waals surface area contributed by atoms with E-state index in [1.165, 1.54) is 22.1 Å². The van der Waals surface area contributed by atoms with Gasteiger partial charge in [0.2, 0.25) is 0 Å². The van der Waals surface area contributed by atoms with Crippen LogP contribution in [-0.2, 0) is 6.42 Å². The van der Waals surface area contributed by atoms with Crippen LogP contribution >= 0.6 is 11.6 Å². The summed E-state index contributed by atoms with van der Waals surface area (Å²) >= 11 is 6.19. The molecule has 0 aliphatic heterocycles. The van der Waals surface area contributed by atoms with Crippen LogP contribution in [0.3, 0.4) is 0 Å². The second-order valence-corrected chi connectivity index (χ2v) is 4.68. The fourth-order valence-corrected chi connectivity index (χ4v) is 2.76. The van der Waals surface area contributed by atoms with Crippen molar-refractivity contribution in [1.82, 2.24) is 4.98 Å². The van der Waals surface area contributed by atoms with E-state index < -0.39 is 0 Å². The normalized spacial score (nSPS) is 19.8. The van der Waals surface area contributed by atoms with E-state index in [0.717, 1.165) is 23.4 Å². The summed E-state index contributed by atoms with van der Waals surface area (Å²) < 4.78 is 0. The lowest BCUT2D eigenvalue weighted by Gasteiger charge is -2.20. The summed E-state index contributed by atoms with van der Waals surface area (Å²) in [6.45, 7) is 2.09. The number of aromatic amines is 1. The average molecular weight is 221 g/mol. The molecule has 1 aliphatic rings. The van der Waals surface area contributed by atoms with Crippen molar-refractivity contribution in [2.45, 2.75) is 25.8 Å². The molecule has 78 valence electrons. The fourth-order valence-electron chi connectivity index (χ4n) is 2.53. The summed E-state index contributed by atoms with van der Waals surface area (Å²) in [7, 11) is 0. The van der Waals surface area contributed by atoms with Gasteiger partial charge in [-0.3, -0.25) is 0 Å². The van der Waals surface area contributed by atoms with E-state index in [2.05, 4.69) is 11.9 Å². The summed E-state index contributed by atoms with van der Waals surface area (Å²) in [4.78, 5) is 3.25. The summed E-state index contributed by atoms with van der Waals surface area (Å²) in [6, 6.07) is 2.17. The molecule has 3 rings (SSSR count). The van der Waals surface area contributed by atoms with Gasteiger partial charge in [-0.15, -0.1) is 0 Å². The zero-order valence-corrected chi connectivity index (χ0v) is 9.36. The third-order valence-corrected chi connectivity index (χ3v) is 3.82. The summed E-state index contributed by atoms with van der Waals surface area (Å²) in [5, 5.41) is 2.15. The van der Waals surface area contributed by atoms with Gasteiger partial charge in [0, 0.05) is 28.2 Å². The van der Waals surface area contributed by atoms with E-state index in [0.29, 0.717) is 0 Å². The Morgan fingerprint density at radius 1 is 1.53 bits per heavy atom. The van der Waals surface area contributed by atoms with Crippen LogP contribution in [0, 0.1) is 6.92 Å². The molecule has 0 radical (unpaired) electrons. The lowest BCUT2D eigenvalue weighted by Crippen LogP contribution is -2.15. The molecule has 3 N–H and O–H groups in total. The van der Waals surface area contributed by atoms with Crippen molar-refractivity contribution in [2.75, 3.05) is 0 Å². The van der Waals surface area contributed by atoms with Crippen molar-refractivity contribution in [3.05, 3.63) is 34.0 Å². The quantitative estimate of drug-likeness (QED) is 0.704. The Morgan fingerprint density at radius 3 is 3.13 bits per heavy atom. The van der Waals surface area contributed by atoms with Crippen molar-refractivity contribution < 1.29 is 0 Å². The van der Waals surface area contributed by atoms with Crippen molar-refractivity contribution in [3.63, 3.8) is 0 Å². The Kier molecular flexibility index (Phi) is 1.85. The van der Waals surface area contributed by atoms with E-state index in [9.17, 15) is 0 Å². The Bertz CT molecular complexity index is 542. The van der Waals surface area contributed by atoms with E-state index in [4.69, 9.17) is 17.3 Å². The molecule has 1 aromatic heterocycles. The van der Waals surface area contributed by atoms with E-state index in [1.807, 2.05) is 12.3 Å². The van der Waals surface area contributed by atoms with Gasteiger partial charge in [0.15, 0.2) is 0 Å². The first kappa shape index (κ1) is 9.25. The van der Waals surface area contributed by atoms with Gasteiger partial charge < -0.3 is 10.7 Å². The molecule has 0 fully saturated rings. The molecule has 3 heteroatoms. The number of nitrogens with one attached hydrogen (secondary N) is 1. The number of rotatable bonds is 0. The van der Waals surface area contributed by atoms with Gasteiger partial charge in [0.05, 0.1) is 0 Å². The molecule has 2 nitrogen and oxygen atoms in total. The molecule has 0 amide bonds. The number of aryl methyl sites for hydroxylation is 1. The van der Waals surface area contributed by atoms with Crippen molar-refractivity contribution in [3.8, 4) is 0 Å². The second kappa shape index (κ2) is 3.00. The number of H-pyrrole nitrogens is 1. The molecule has 15 heavy (non-hydrogen) atoms. The van der Waals surface area contributed by atoms with Gasteiger partial charge in [-0.2, -0.15) is 0 Å². The summed E-state index contributed by atoms with van der Waals surface area (Å²) in [6.07, 6.45) is 4.07. The van der Waals surface area contributed by atoms with Crippen LogP contribution in [0.4, 0.5) is 0 Å². The average Bonchev–Trinajstić information content (AvgIpc) is 2.62. The standard InChI is InChI=1S/C12H13ClN2/c1-6-7-2-3-10(14)8-5-15-11(12(7)8)4-9(6)13/h4-5,10,15H,2-3,14H2,1H3. The molecule has 1 aliphatic carbocycles. The van der Waals surface area contributed by atoms with Crippen LogP contribution in [0.25, 0.3) is 10.9 Å². The van der Waals surface area contributed by atoms with Crippen molar-refractivity contribution in [2.24, 2.45) is 5.73 Å². The minimum atomic E-state index is 0.173. The van der Waals surface area contributed by atoms with E-state index in [-0.39, 0.29) is 6.04 Å². The minimum Gasteiger partial charge on any atom is -0.361 e. The Labute approximate surface area is 93.4 Å². The van der Waals surface area contributed by atoms with Crippen LogP contribution in [0.1, 0.15) is 29.2 Å². The topological polar surface area (TPSA) is 41.8 Å². The summed E-state index contributed by atoms with van der Waals surface area (Å²) in [5.74, 6) is 0. The van der Waals surface area contributed by atoms with Gasteiger partial charge in [-0.25, -0.2) is 0 Å². The molecule has 0 bridgehead atoms. The lowest BCUT2D eigenvalue weighted by molar-refractivity contribution is 0.642. The number of hydrogen-bond acceptors (Lipinski definition) is 1. The zero-order chi connectivity index (χ0) is 10.6. The largest absolute Gasteiger partial charge is 0.361 e. The molecule has 1 heterocycles. The highest BCUT2D eigenvalue weighted by atomic mass is 35.5. The maximum Gasteiger partial charge on any atom is 0.0475 e. The van der Waals surface area contributed by atoms with Crippen LogP contribution in [0.5, 0.6) is 0 Å². The molecule has 1 atom stereocenters. The van der Waals surface area contributed by atoms with E-state index >= 15 is 0 Å². The zero-order valence-electron chi connectivity index (χ0n) is 8.60. The summed E-state index contributed by atoms with van der Waals surface area (Å²) in [5.41, 5.74) is 11.0. The molecule has 2 aromatic rings. The third-order valence-electron chi connectivity index (χ3n) is 3.43. The molecule has 0 saturated carbocycles. The molecular formula is C12H13ClN2. The SMILES string of the molecule is Cc1c(Cl)cc2[nH]cc3c2c1CCC3N. The highest BCUT2D eigenvalue weighted by molar-refractivity contribution is 6.32. The number of nitrogens with two attached hydrogens (primary N) is 1. The van der Waals surface area contributed by atoms with Gasteiger partial charge in [0.1, 0.15) is 0 Å². The van der Waals surface area contributed by atoms with Crippen LogP contribution in [0.15, 0.2) is 12.3 Å². The van der Waals surface area contributed by atoms with Crippen molar-refractivity contribution in [1.29, 1.82) is 0 Å². The Morgan fingerprint density at radius 2 is 2.33 bits per heavy atom.